The van der Waals surface area contributed by atoms with E-state index in [1.165, 1.54) is 32.1 Å². The summed E-state index contributed by atoms with van der Waals surface area (Å²) >= 11 is 0. The third-order valence-corrected chi connectivity index (χ3v) is 6.28. The summed E-state index contributed by atoms with van der Waals surface area (Å²) in [6.45, 7) is 2.39. The minimum absolute atomic E-state index is 0.0378. The van der Waals surface area contributed by atoms with Gasteiger partial charge in [0.25, 0.3) is 0 Å². The van der Waals surface area contributed by atoms with E-state index < -0.39 is 18.1 Å². The molecule has 0 spiro atoms. The summed E-state index contributed by atoms with van der Waals surface area (Å²) in [6, 6.07) is 15.4. The number of carbonyl (C=O) groups excluding carboxylic acids is 1. The lowest BCUT2D eigenvalue weighted by Crippen LogP contribution is -2.41. The third kappa shape index (κ3) is 6.35. The number of benzene rings is 2. The Hall–Kier alpha value is -2.82. The van der Waals surface area contributed by atoms with E-state index in [1.807, 2.05) is 24.3 Å². The van der Waals surface area contributed by atoms with Gasteiger partial charge in [0.05, 0.1) is 0 Å². The van der Waals surface area contributed by atoms with Gasteiger partial charge in [-0.1, -0.05) is 107 Å². The molecule has 1 amide bonds. The number of carboxylic acid groups (broad SMARTS) is 1. The molecule has 0 saturated carbocycles. The zero-order chi connectivity index (χ0) is 22.8. The molecule has 1 aliphatic carbocycles. The van der Waals surface area contributed by atoms with E-state index in [1.54, 1.807) is 0 Å². The Balaban J connectivity index is 1.45. The van der Waals surface area contributed by atoms with Crippen molar-refractivity contribution in [2.75, 3.05) is 6.61 Å². The fraction of sp³-hybridized carbons (Fsp3) is 0.481. The molecule has 0 fully saturated rings. The monoisotopic (exact) mass is 437 g/mol. The van der Waals surface area contributed by atoms with E-state index in [-0.39, 0.29) is 12.5 Å². The van der Waals surface area contributed by atoms with Gasteiger partial charge in [0.2, 0.25) is 0 Å². The zero-order valence-electron chi connectivity index (χ0n) is 19.0. The van der Waals surface area contributed by atoms with E-state index in [9.17, 15) is 14.7 Å². The van der Waals surface area contributed by atoms with Gasteiger partial charge in [-0.15, -0.1) is 0 Å². The van der Waals surface area contributed by atoms with Crippen LogP contribution in [-0.4, -0.2) is 29.8 Å². The molecule has 0 heterocycles. The quantitative estimate of drug-likeness (QED) is 0.350. The van der Waals surface area contributed by atoms with Gasteiger partial charge in [0.15, 0.2) is 0 Å². The molecule has 1 aliphatic rings. The summed E-state index contributed by atoms with van der Waals surface area (Å²) in [7, 11) is 0. The fourth-order valence-electron chi connectivity index (χ4n) is 4.52. The molecule has 172 valence electrons. The van der Waals surface area contributed by atoms with Crippen molar-refractivity contribution < 1.29 is 19.4 Å². The Morgan fingerprint density at radius 1 is 0.875 bits per heavy atom. The SMILES string of the molecule is CCCCCCCCCCC(NC(=O)OCC1c2ccccc2-c2ccccc21)C(=O)O. The summed E-state index contributed by atoms with van der Waals surface area (Å²) in [5, 5.41) is 12.0. The Labute approximate surface area is 191 Å². The highest BCUT2D eigenvalue weighted by molar-refractivity contribution is 5.81. The van der Waals surface area contributed by atoms with E-state index in [0.717, 1.165) is 41.5 Å². The van der Waals surface area contributed by atoms with E-state index in [2.05, 4.69) is 36.5 Å². The molecule has 0 saturated heterocycles. The summed E-state index contributed by atoms with van der Waals surface area (Å²) in [5.41, 5.74) is 4.59. The average molecular weight is 438 g/mol. The Morgan fingerprint density at radius 2 is 1.41 bits per heavy atom. The molecule has 0 aliphatic heterocycles. The molecule has 2 aromatic rings. The second-order valence-electron chi connectivity index (χ2n) is 8.62. The van der Waals surface area contributed by atoms with Crippen molar-refractivity contribution >= 4 is 12.1 Å². The summed E-state index contributed by atoms with van der Waals surface area (Å²) in [6.07, 6.45) is 8.88. The van der Waals surface area contributed by atoms with Crippen molar-refractivity contribution in [3.05, 3.63) is 59.7 Å². The standard InChI is InChI=1S/C27H35NO4/c1-2-3-4-5-6-7-8-9-18-25(26(29)30)28-27(31)32-19-24-22-16-12-10-14-20(22)21-15-11-13-17-23(21)24/h10-17,24-25H,2-9,18-19H2,1H3,(H,28,31)(H,29,30). The number of alkyl carbamates (subject to hydrolysis) is 1. The maximum Gasteiger partial charge on any atom is 0.407 e. The maximum absolute atomic E-state index is 12.4. The molecule has 0 radical (unpaired) electrons. The first-order valence-corrected chi connectivity index (χ1v) is 12.0. The summed E-state index contributed by atoms with van der Waals surface area (Å²) in [4.78, 5) is 24.0. The summed E-state index contributed by atoms with van der Waals surface area (Å²) in [5.74, 6) is -1.05. The van der Waals surface area contributed by atoms with Gasteiger partial charge in [-0.3, -0.25) is 0 Å². The molecule has 1 unspecified atom stereocenters. The number of nitrogens with one attached hydrogen (secondary N) is 1. The molecule has 5 heteroatoms. The van der Waals surface area contributed by atoms with Gasteiger partial charge in [-0.2, -0.15) is 0 Å². The Morgan fingerprint density at radius 3 is 1.97 bits per heavy atom. The van der Waals surface area contributed by atoms with Crippen LogP contribution in [0.15, 0.2) is 48.5 Å². The minimum atomic E-state index is -1.01. The van der Waals surface area contributed by atoms with Crippen molar-refractivity contribution in [3.8, 4) is 11.1 Å². The van der Waals surface area contributed by atoms with Gasteiger partial charge in [-0.25, -0.2) is 9.59 Å². The minimum Gasteiger partial charge on any atom is -0.480 e. The number of hydrogen-bond acceptors (Lipinski definition) is 3. The van der Waals surface area contributed by atoms with Crippen LogP contribution in [0.5, 0.6) is 0 Å². The Kier molecular flexibility index (Phi) is 9.14. The lowest BCUT2D eigenvalue weighted by Gasteiger charge is -2.17. The smallest absolute Gasteiger partial charge is 0.407 e. The fourth-order valence-corrected chi connectivity index (χ4v) is 4.52. The van der Waals surface area contributed by atoms with Crippen LogP contribution < -0.4 is 5.32 Å². The number of ether oxygens (including phenoxy) is 1. The number of fused-ring (bicyclic) bond motifs is 3. The third-order valence-electron chi connectivity index (χ3n) is 6.28. The van der Waals surface area contributed by atoms with Crippen molar-refractivity contribution in [2.45, 2.75) is 76.7 Å². The van der Waals surface area contributed by atoms with Crippen LogP contribution in [0, 0.1) is 0 Å². The Bertz CT molecular complexity index is 849. The summed E-state index contributed by atoms with van der Waals surface area (Å²) < 4.78 is 5.49. The first kappa shape index (κ1) is 23.8. The first-order valence-electron chi connectivity index (χ1n) is 12.0. The predicted octanol–water partition coefficient (Wildman–Crippen LogP) is 6.51. The van der Waals surface area contributed by atoms with Gasteiger partial charge in [0.1, 0.15) is 12.6 Å². The van der Waals surface area contributed by atoms with Crippen molar-refractivity contribution in [1.82, 2.24) is 5.32 Å². The average Bonchev–Trinajstić information content (AvgIpc) is 3.12. The van der Waals surface area contributed by atoms with E-state index >= 15 is 0 Å². The highest BCUT2D eigenvalue weighted by Crippen LogP contribution is 2.44. The van der Waals surface area contributed by atoms with Crippen LogP contribution in [0.25, 0.3) is 11.1 Å². The lowest BCUT2D eigenvalue weighted by atomic mass is 9.98. The van der Waals surface area contributed by atoms with Crippen LogP contribution in [-0.2, 0) is 9.53 Å². The number of carbonyl (C=O) groups is 2. The highest BCUT2D eigenvalue weighted by Gasteiger charge is 2.29. The molecule has 0 bridgehead atoms. The normalized spacial score (nSPS) is 13.3. The lowest BCUT2D eigenvalue weighted by molar-refractivity contribution is -0.139. The number of rotatable bonds is 13. The number of hydrogen-bond donors (Lipinski definition) is 2. The van der Waals surface area contributed by atoms with Crippen molar-refractivity contribution in [1.29, 1.82) is 0 Å². The maximum atomic E-state index is 12.4. The number of unbranched alkanes of at least 4 members (excludes halogenated alkanes) is 7. The molecule has 1 atom stereocenters. The molecule has 0 aromatic heterocycles. The van der Waals surface area contributed by atoms with Gasteiger partial charge in [-0.05, 0) is 28.7 Å². The molecule has 3 rings (SSSR count). The van der Waals surface area contributed by atoms with Crippen molar-refractivity contribution in [3.63, 3.8) is 0 Å². The van der Waals surface area contributed by atoms with Gasteiger partial charge < -0.3 is 15.2 Å². The number of amides is 1. The topological polar surface area (TPSA) is 75.6 Å². The largest absolute Gasteiger partial charge is 0.480 e. The van der Waals surface area contributed by atoms with Crippen LogP contribution in [0.3, 0.4) is 0 Å². The van der Waals surface area contributed by atoms with Crippen LogP contribution in [0.4, 0.5) is 4.79 Å². The van der Waals surface area contributed by atoms with Crippen LogP contribution in [0.1, 0.15) is 81.8 Å². The molecule has 32 heavy (non-hydrogen) atoms. The molecule has 2 aromatic carbocycles. The van der Waals surface area contributed by atoms with Crippen LogP contribution >= 0.6 is 0 Å². The second kappa shape index (κ2) is 12.3. The molecular formula is C27H35NO4. The first-order chi connectivity index (χ1) is 15.6. The highest BCUT2D eigenvalue weighted by atomic mass is 16.5. The number of aliphatic carboxylic acids is 1. The number of carboxylic acids is 1. The zero-order valence-corrected chi connectivity index (χ0v) is 19.0. The molecule has 5 nitrogen and oxygen atoms in total. The van der Waals surface area contributed by atoms with E-state index in [0.29, 0.717) is 6.42 Å². The molecule has 2 N–H and O–H groups in total. The second-order valence-corrected chi connectivity index (χ2v) is 8.62. The van der Waals surface area contributed by atoms with Gasteiger partial charge >= 0.3 is 12.1 Å². The molecular weight excluding hydrogens is 402 g/mol. The van der Waals surface area contributed by atoms with Crippen LogP contribution in [0.2, 0.25) is 0 Å². The van der Waals surface area contributed by atoms with Gasteiger partial charge in [0, 0.05) is 5.92 Å². The van der Waals surface area contributed by atoms with E-state index in [4.69, 9.17) is 4.74 Å². The van der Waals surface area contributed by atoms with Crippen molar-refractivity contribution in [2.24, 2.45) is 0 Å². The predicted molar refractivity (Wildman–Crippen MR) is 127 cm³/mol.